The number of rotatable bonds is 4. The van der Waals surface area contributed by atoms with E-state index in [0.717, 1.165) is 11.7 Å². The fourth-order valence-electron chi connectivity index (χ4n) is 2.70. The Morgan fingerprint density at radius 2 is 1.94 bits per heavy atom. The van der Waals surface area contributed by atoms with E-state index in [4.69, 9.17) is 4.74 Å². The van der Waals surface area contributed by atoms with Crippen molar-refractivity contribution in [3.05, 3.63) is 29.8 Å². The average molecular weight is 233 g/mol. The van der Waals surface area contributed by atoms with Crippen molar-refractivity contribution in [3.8, 4) is 5.75 Å². The summed E-state index contributed by atoms with van der Waals surface area (Å²) in [5.41, 5.74) is 1.34. The minimum absolute atomic E-state index is 0.427. The summed E-state index contributed by atoms with van der Waals surface area (Å²) in [5.74, 6) is 1.81. The van der Waals surface area contributed by atoms with Crippen molar-refractivity contribution in [1.29, 1.82) is 0 Å². The third-order valence-corrected chi connectivity index (χ3v) is 3.80. The van der Waals surface area contributed by atoms with Gasteiger partial charge < -0.3 is 10.1 Å². The molecule has 0 bridgehead atoms. The van der Waals surface area contributed by atoms with Gasteiger partial charge in [-0.3, -0.25) is 0 Å². The average Bonchev–Trinajstić information content (AvgIpc) is 2.75. The lowest BCUT2D eigenvalue weighted by Gasteiger charge is -2.20. The molecule has 0 radical (unpaired) electrons. The molecular formula is C15H23NO. The molecule has 1 aliphatic rings. The first-order chi connectivity index (χ1) is 8.19. The highest BCUT2D eigenvalue weighted by Gasteiger charge is 2.22. The summed E-state index contributed by atoms with van der Waals surface area (Å²) in [5, 5.41) is 3.72. The Bertz CT molecular complexity index is 346. The number of benzene rings is 1. The van der Waals surface area contributed by atoms with E-state index in [1.54, 1.807) is 7.11 Å². The smallest absolute Gasteiger partial charge is 0.118 e. The first kappa shape index (κ1) is 12.4. The van der Waals surface area contributed by atoms with Crippen LogP contribution in [0.1, 0.15) is 44.7 Å². The Kier molecular flexibility index (Phi) is 4.06. The van der Waals surface area contributed by atoms with E-state index in [9.17, 15) is 0 Å². The molecule has 0 saturated heterocycles. The summed E-state index contributed by atoms with van der Waals surface area (Å²) < 4.78 is 5.18. The van der Waals surface area contributed by atoms with Crippen LogP contribution in [0.15, 0.2) is 24.3 Å². The second kappa shape index (κ2) is 5.54. The van der Waals surface area contributed by atoms with Gasteiger partial charge in [0.15, 0.2) is 0 Å². The number of hydrogen-bond acceptors (Lipinski definition) is 2. The molecule has 2 heteroatoms. The molecule has 2 rings (SSSR count). The van der Waals surface area contributed by atoms with Crippen molar-refractivity contribution in [2.24, 2.45) is 5.92 Å². The summed E-state index contributed by atoms with van der Waals surface area (Å²) >= 11 is 0. The van der Waals surface area contributed by atoms with Crippen LogP contribution in [0.5, 0.6) is 5.75 Å². The van der Waals surface area contributed by atoms with Crippen LogP contribution in [-0.4, -0.2) is 13.2 Å². The first-order valence-corrected chi connectivity index (χ1v) is 6.59. The van der Waals surface area contributed by atoms with Gasteiger partial charge in [0.1, 0.15) is 5.75 Å². The Morgan fingerprint density at radius 3 is 2.47 bits per heavy atom. The van der Waals surface area contributed by atoms with Gasteiger partial charge in [-0.1, -0.05) is 19.1 Å². The maximum atomic E-state index is 5.18. The van der Waals surface area contributed by atoms with E-state index >= 15 is 0 Å². The molecule has 3 atom stereocenters. The highest BCUT2D eigenvalue weighted by molar-refractivity contribution is 5.28. The third-order valence-electron chi connectivity index (χ3n) is 3.80. The lowest BCUT2D eigenvalue weighted by Crippen LogP contribution is -2.29. The van der Waals surface area contributed by atoms with Gasteiger partial charge in [0.2, 0.25) is 0 Å². The zero-order chi connectivity index (χ0) is 12.3. The molecule has 0 amide bonds. The van der Waals surface area contributed by atoms with E-state index < -0.39 is 0 Å². The van der Waals surface area contributed by atoms with E-state index in [-0.39, 0.29) is 0 Å². The Labute approximate surface area is 104 Å². The van der Waals surface area contributed by atoms with Gasteiger partial charge in [-0.15, -0.1) is 0 Å². The van der Waals surface area contributed by atoms with Crippen molar-refractivity contribution in [1.82, 2.24) is 5.32 Å². The molecule has 1 fully saturated rings. The Morgan fingerprint density at radius 1 is 1.24 bits per heavy atom. The van der Waals surface area contributed by atoms with Crippen LogP contribution in [0.25, 0.3) is 0 Å². The van der Waals surface area contributed by atoms with Gasteiger partial charge in [-0.2, -0.15) is 0 Å². The van der Waals surface area contributed by atoms with Crippen molar-refractivity contribution >= 4 is 0 Å². The lowest BCUT2D eigenvalue weighted by atomic mass is 10.1. The highest BCUT2D eigenvalue weighted by Crippen LogP contribution is 2.27. The quantitative estimate of drug-likeness (QED) is 0.859. The topological polar surface area (TPSA) is 21.3 Å². The van der Waals surface area contributed by atoms with Gasteiger partial charge in [-0.05, 0) is 49.8 Å². The Balaban J connectivity index is 1.92. The third kappa shape index (κ3) is 3.22. The zero-order valence-electron chi connectivity index (χ0n) is 11.1. The Hall–Kier alpha value is -1.02. The van der Waals surface area contributed by atoms with Crippen LogP contribution in [0.3, 0.4) is 0 Å². The van der Waals surface area contributed by atoms with Crippen LogP contribution in [0.2, 0.25) is 0 Å². The van der Waals surface area contributed by atoms with Crippen LogP contribution in [-0.2, 0) is 0 Å². The summed E-state index contributed by atoms with van der Waals surface area (Å²) in [4.78, 5) is 0. The van der Waals surface area contributed by atoms with Crippen LogP contribution >= 0.6 is 0 Å². The number of ether oxygens (including phenoxy) is 1. The molecule has 0 heterocycles. The van der Waals surface area contributed by atoms with Crippen LogP contribution < -0.4 is 10.1 Å². The molecule has 1 aliphatic carbocycles. The molecule has 2 nitrogen and oxygen atoms in total. The molecular weight excluding hydrogens is 210 g/mol. The monoisotopic (exact) mass is 233 g/mol. The molecule has 1 aromatic carbocycles. The van der Waals surface area contributed by atoms with Gasteiger partial charge >= 0.3 is 0 Å². The second-order valence-corrected chi connectivity index (χ2v) is 5.28. The van der Waals surface area contributed by atoms with Crippen molar-refractivity contribution in [2.75, 3.05) is 7.11 Å². The van der Waals surface area contributed by atoms with Gasteiger partial charge in [0, 0.05) is 12.1 Å². The predicted molar refractivity (Wildman–Crippen MR) is 71.3 cm³/mol. The fourth-order valence-corrected chi connectivity index (χ4v) is 2.70. The van der Waals surface area contributed by atoms with Gasteiger partial charge in [-0.25, -0.2) is 0 Å². The molecule has 94 valence electrons. The van der Waals surface area contributed by atoms with Crippen LogP contribution in [0, 0.1) is 5.92 Å². The predicted octanol–water partition coefficient (Wildman–Crippen LogP) is 3.53. The molecule has 0 aliphatic heterocycles. The highest BCUT2D eigenvalue weighted by atomic mass is 16.5. The minimum atomic E-state index is 0.427. The first-order valence-electron chi connectivity index (χ1n) is 6.59. The normalized spacial score (nSPS) is 25.8. The molecule has 1 aromatic rings. The summed E-state index contributed by atoms with van der Waals surface area (Å²) in [6, 6.07) is 9.48. The molecule has 0 spiro atoms. The fraction of sp³-hybridized carbons (Fsp3) is 0.600. The van der Waals surface area contributed by atoms with Crippen molar-refractivity contribution in [3.63, 3.8) is 0 Å². The van der Waals surface area contributed by atoms with E-state index in [2.05, 4.69) is 31.3 Å². The summed E-state index contributed by atoms with van der Waals surface area (Å²) in [6.45, 7) is 4.59. The van der Waals surface area contributed by atoms with E-state index in [1.165, 1.54) is 24.8 Å². The molecule has 0 aromatic heterocycles. The van der Waals surface area contributed by atoms with E-state index in [1.807, 2.05) is 12.1 Å². The molecule has 2 unspecified atom stereocenters. The van der Waals surface area contributed by atoms with Gasteiger partial charge in [0.25, 0.3) is 0 Å². The SMILES string of the molecule is COc1ccc([C@H](C)NC2CCC(C)C2)cc1. The zero-order valence-corrected chi connectivity index (χ0v) is 11.1. The minimum Gasteiger partial charge on any atom is -0.497 e. The largest absolute Gasteiger partial charge is 0.497 e. The number of methoxy groups -OCH3 is 1. The maximum Gasteiger partial charge on any atom is 0.118 e. The maximum absolute atomic E-state index is 5.18. The number of nitrogens with one attached hydrogen (secondary N) is 1. The van der Waals surface area contributed by atoms with Crippen molar-refractivity contribution in [2.45, 2.75) is 45.2 Å². The summed E-state index contributed by atoms with van der Waals surface area (Å²) in [6.07, 6.45) is 4.01. The molecule has 17 heavy (non-hydrogen) atoms. The lowest BCUT2D eigenvalue weighted by molar-refractivity contribution is 0.413. The number of hydrogen-bond donors (Lipinski definition) is 1. The molecule has 1 N–H and O–H groups in total. The molecule has 1 saturated carbocycles. The van der Waals surface area contributed by atoms with E-state index in [0.29, 0.717) is 12.1 Å². The van der Waals surface area contributed by atoms with Crippen LogP contribution in [0.4, 0.5) is 0 Å². The second-order valence-electron chi connectivity index (χ2n) is 5.28. The van der Waals surface area contributed by atoms with Gasteiger partial charge in [0.05, 0.1) is 7.11 Å². The van der Waals surface area contributed by atoms with Crippen molar-refractivity contribution < 1.29 is 4.74 Å². The standard InChI is InChI=1S/C15H23NO/c1-11-4-7-14(10-11)16-12(2)13-5-8-15(17-3)9-6-13/h5-6,8-9,11-12,14,16H,4,7,10H2,1-3H3/t11?,12-,14?/m0/s1. The summed E-state index contributed by atoms with van der Waals surface area (Å²) in [7, 11) is 1.70.